The van der Waals surface area contributed by atoms with Crippen LogP contribution in [-0.4, -0.2) is 146 Å². The summed E-state index contributed by atoms with van der Waals surface area (Å²) in [5.74, 6) is 0.638. The van der Waals surface area contributed by atoms with Crippen LogP contribution in [0.1, 0.15) is 68.4 Å². The van der Waals surface area contributed by atoms with Crippen LogP contribution in [0.5, 0.6) is 0 Å². The quantitative estimate of drug-likeness (QED) is 0.0261. The van der Waals surface area contributed by atoms with Crippen molar-refractivity contribution in [1.82, 2.24) is 36.3 Å². The van der Waals surface area contributed by atoms with Gasteiger partial charge in [-0.1, -0.05) is 24.0 Å². The number of piperazine rings is 1. The summed E-state index contributed by atoms with van der Waals surface area (Å²) in [5, 5.41) is 18.4. The molecule has 2 aliphatic rings. The van der Waals surface area contributed by atoms with Crippen LogP contribution < -0.4 is 32.0 Å². The standard InChI is InChI=1S/C51H60F10N10O7/c1-48(2,50(56,57)58)41(66-46(75)77-6)43(73)65-38(18-29-11-8-28(9-12-29)10-13-30-14-17-40(63-22-30)70-24-33-15-16-34(25-70)69(33)5)39(72)27-71(68-44(74)42(67-47(76)78-7)49(3,4)51(59,60)61)26-35-36(52)19-31(20-37(35)53)32(21-62)23-64-45(54)55/h8-9,11-12,14,17,19-23,33-34,38-39,41-42,45,72H,15-16,18,24-27,62H2,1-7H3,(H,65,73)(H,66,75)(H,67,76)(H,68,74)/t33?,34?,38-,39-,41?,42+/m0/s1. The monoisotopic (exact) mass is 1110 g/mol. The van der Waals surface area contributed by atoms with E-state index in [2.05, 4.69) is 53.5 Å². The Bertz CT molecular complexity index is 2700. The molecule has 0 aliphatic carbocycles. The Morgan fingerprint density at radius 2 is 1.35 bits per heavy atom. The number of hydrogen-bond acceptors (Lipinski definition) is 13. The first kappa shape index (κ1) is 61.7. The van der Waals surface area contributed by atoms with Gasteiger partial charge in [-0.05, 0) is 102 Å². The number of allylic oxidation sites excluding steroid dienone is 1. The third-order valence-corrected chi connectivity index (χ3v) is 13.8. The number of carbonyl (C=O) groups excluding carboxylic acids is 4. The largest absolute Gasteiger partial charge is 0.453 e. The summed E-state index contributed by atoms with van der Waals surface area (Å²) in [6, 6.07) is 5.01. The molecule has 2 saturated heterocycles. The number of methoxy groups -OCH3 is 2. The van der Waals surface area contributed by atoms with Crippen molar-refractivity contribution in [3.63, 3.8) is 0 Å². The van der Waals surface area contributed by atoms with Gasteiger partial charge >= 0.3 is 31.1 Å². The number of nitrogens with zero attached hydrogens (tertiary/aromatic N) is 5. The molecule has 5 rings (SSSR count). The molecule has 2 fully saturated rings. The Balaban J connectivity index is 1.52. The first-order valence-corrected chi connectivity index (χ1v) is 24.0. The lowest BCUT2D eigenvalue weighted by atomic mass is 9.82. The number of fused-ring (bicyclic) bond motifs is 2. The summed E-state index contributed by atoms with van der Waals surface area (Å²) in [6.45, 7) is -1.63. The Labute approximate surface area is 442 Å². The van der Waals surface area contributed by atoms with Crippen molar-refractivity contribution < 1.29 is 77.7 Å². The van der Waals surface area contributed by atoms with Crippen LogP contribution in [0.25, 0.3) is 5.57 Å². The van der Waals surface area contributed by atoms with Gasteiger partial charge in [-0.25, -0.2) is 33.4 Å². The first-order valence-electron chi connectivity index (χ1n) is 24.0. The lowest BCUT2D eigenvalue weighted by Crippen LogP contribution is -2.63. The van der Waals surface area contributed by atoms with Crippen LogP contribution in [0.4, 0.5) is 59.3 Å². The molecule has 78 heavy (non-hydrogen) atoms. The molecule has 2 bridgehead atoms. The normalized spacial score (nSPS) is 17.9. The molecule has 0 spiro atoms. The second-order valence-electron chi connectivity index (χ2n) is 19.7. The van der Waals surface area contributed by atoms with Gasteiger partial charge in [0.15, 0.2) is 0 Å². The molecule has 17 nitrogen and oxygen atoms in total. The van der Waals surface area contributed by atoms with Gasteiger partial charge in [-0.15, -0.1) is 0 Å². The SMILES string of the molecule is COC(=O)NC(C(=O)N[C@@H](Cc1ccc(C#Cc2ccc(N3CC4CCC(C3)N4C)nc2)cc1)[C@@H](O)CN(Cc1c(F)cc(C(C=NC(F)F)=CN)cc1F)NC(=O)[C@@H](NC(=O)OC)C(C)(C)C(F)(F)F)C(C)(C)C(F)(F)F. The third-order valence-electron chi connectivity index (χ3n) is 13.8. The number of carbonyl (C=O) groups is 4. The van der Waals surface area contributed by atoms with Crippen molar-refractivity contribution in [1.29, 1.82) is 0 Å². The number of nitrogens with two attached hydrogens (primary N) is 1. The zero-order chi connectivity index (χ0) is 58.1. The number of aliphatic hydroxyl groups is 1. The van der Waals surface area contributed by atoms with Crippen molar-refractivity contribution in [2.45, 2.75) is 109 Å². The number of hydrazine groups is 1. The Morgan fingerprint density at radius 1 is 0.833 bits per heavy atom. The Morgan fingerprint density at radius 3 is 1.82 bits per heavy atom. The zero-order valence-electron chi connectivity index (χ0n) is 43.3. The van der Waals surface area contributed by atoms with Gasteiger partial charge in [0.25, 0.3) is 5.91 Å². The fourth-order valence-corrected chi connectivity index (χ4v) is 8.63. The number of nitrogens with one attached hydrogen (secondary N) is 4. The predicted molar refractivity (Wildman–Crippen MR) is 265 cm³/mol. The summed E-state index contributed by atoms with van der Waals surface area (Å²) in [5.41, 5.74) is 0.830. The Hall–Kier alpha value is -7.18. The highest BCUT2D eigenvalue weighted by Crippen LogP contribution is 2.42. The molecule has 3 aromatic rings. The van der Waals surface area contributed by atoms with Gasteiger partial charge in [0, 0.05) is 79.1 Å². The molecule has 27 heteroatoms. The second kappa shape index (κ2) is 25.5. The van der Waals surface area contributed by atoms with E-state index in [0.29, 0.717) is 80.5 Å². The van der Waals surface area contributed by atoms with E-state index in [0.717, 1.165) is 46.0 Å². The highest BCUT2D eigenvalue weighted by atomic mass is 19.4. The number of halogens is 10. The smallest absolute Gasteiger partial charge is 0.407 e. The number of hydrogen-bond donors (Lipinski definition) is 6. The van der Waals surface area contributed by atoms with Crippen molar-refractivity contribution in [3.05, 3.63) is 100 Å². The van der Waals surface area contributed by atoms with E-state index in [1.807, 2.05) is 22.9 Å². The average Bonchev–Trinajstić information content (AvgIpc) is 3.60. The average molecular weight is 1120 g/mol. The van der Waals surface area contributed by atoms with E-state index in [4.69, 9.17) is 5.73 Å². The van der Waals surface area contributed by atoms with Crippen molar-refractivity contribution in [2.24, 2.45) is 21.6 Å². The molecule has 1 aromatic heterocycles. The maximum atomic E-state index is 16.0. The van der Waals surface area contributed by atoms with Gasteiger partial charge in [-0.3, -0.25) is 19.9 Å². The summed E-state index contributed by atoms with van der Waals surface area (Å²) in [7, 11) is 3.72. The summed E-state index contributed by atoms with van der Waals surface area (Å²) < 4.78 is 154. The number of benzene rings is 2. The van der Waals surface area contributed by atoms with E-state index in [1.165, 1.54) is 24.3 Å². The number of aliphatic imine (C=N–C) groups is 1. The zero-order valence-corrected chi connectivity index (χ0v) is 43.3. The van der Waals surface area contributed by atoms with Crippen LogP contribution >= 0.6 is 0 Å². The molecular weight excluding hydrogens is 1050 g/mol. The summed E-state index contributed by atoms with van der Waals surface area (Å²) in [6.07, 6.45) is -11.0. The molecule has 4 amide bonds. The topological polar surface area (TPSA) is 216 Å². The van der Waals surface area contributed by atoms with Crippen LogP contribution in [0.3, 0.4) is 0 Å². The number of rotatable bonds is 19. The van der Waals surface area contributed by atoms with Gasteiger partial charge in [0.05, 0.1) is 37.2 Å². The van der Waals surface area contributed by atoms with Crippen LogP contribution in [0.2, 0.25) is 0 Å². The fraction of sp³-hybridized carbons (Fsp3) is 0.490. The second-order valence-corrected chi connectivity index (χ2v) is 19.7. The van der Waals surface area contributed by atoms with Crippen LogP contribution in [-0.2, 0) is 32.0 Å². The van der Waals surface area contributed by atoms with E-state index in [-0.39, 0.29) is 5.56 Å². The molecule has 0 radical (unpaired) electrons. The number of pyridine rings is 1. The number of aromatic nitrogens is 1. The minimum atomic E-state index is -5.24. The van der Waals surface area contributed by atoms with Crippen molar-refractivity contribution in [2.75, 3.05) is 45.8 Å². The number of alkyl carbamates (subject to hydrolysis) is 2. The number of aliphatic hydroxyl groups excluding tert-OH is 1. The van der Waals surface area contributed by atoms with E-state index < -0.39 is 126 Å². The van der Waals surface area contributed by atoms with E-state index >= 15 is 8.78 Å². The molecule has 2 aliphatic heterocycles. The highest BCUT2D eigenvalue weighted by molar-refractivity contribution is 6.09. The summed E-state index contributed by atoms with van der Waals surface area (Å²) >= 11 is 0. The molecule has 3 heterocycles. The maximum Gasteiger partial charge on any atom is 0.407 e. The number of likely N-dealkylation sites (N-methyl/N-ethyl adjacent to an activating group) is 1. The molecule has 7 N–H and O–H groups in total. The minimum Gasteiger partial charge on any atom is -0.453 e. The minimum absolute atomic E-state index is 0.265. The molecule has 6 atom stereocenters. The molecule has 2 aromatic carbocycles. The van der Waals surface area contributed by atoms with E-state index in [9.17, 15) is 59.4 Å². The fourth-order valence-electron chi connectivity index (χ4n) is 8.63. The molecule has 3 unspecified atom stereocenters. The number of amides is 4. The van der Waals surface area contributed by atoms with Gasteiger partial charge < -0.3 is 41.2 Å². The van der Waals surface area contributed by atoms with Gasteiger partial charge in [0.1, 0.15) is 29.5 Å². The predicted octanol–water partition coefficient (Wildman–Crippen LogP) is 6.18. The van der Waals surface area contributed by atoms with Crippen molar-refractivity contribution >= 4 is 41.6 Å². The Kier molecular flexibility index (Phi) is 20.2. The van der Waals surface area contributed by atoms with Crippen LogP contribution in [0.15, 0.2) is 65.9 Å². The number of alkyl halides is 8. The molecular formula is C51H60F10N10O7. The highest BCUT2D eigenvalue weighted by Gasteiger charge is 2.57. The molecule has 0 saturated carbocycles. The lowest BCUT2D eigenvalue weighted by molar-refractivity contribution is -0.221. The van der Waals surface area contributed by atoms with Gasteiger partial charge in [0.2, 0.25) is 5.91 Å². The molecule has 426 valence electrons. The number of anilines is 1. The maximum absolute atomic E-state index is 16.0. The summed E-state index contributed by atoms with van der Waals surface area (Å²) in [4.78, 5) is 64.8. The van der Waals surface area contributed by atoms with Crippen LogP contribution in [0, 0.1) is 34.3 Å². The lowest BCUT2D eigenvalue weighted by Gasteiger charge is -2.39. The number of ether oxygens (including phenoxy) is 2. The third kappa shape index (κ3) is 15.3. The first-order chi connectivity index (χ1) is 36.4. The van der Waals surface area contributed by atoms with Crippen molar-refractivity contribution in [3.8, 4) is 11.8 Å². The van der Waals surface area contributed by atoms with E-state index in [1.54, 1.807) is 11.5 Å². The van der Waals surface area contributed by atoms with Gasteiger partial charge in [-0.2, -0.15) is 35.1 Å².